The summed E-state index contributed by atoms with van der Waals surface area (Å²) in [6.07, 6.45) is -3.88. The van der Waals surface area contributed by atoms with E-state index in [1.54, 1.807) is 0 Å². The fourth-order valence-electron chi connectivity index (χ4n) is 2.91. The minimum atomic E-state index is -5.77. The summed E-state index contributed by atoms with van der Waals surface area (Å²) in [4.78, 5) is 29.0. The molecule has 2 amide bonds. The number of amides is 2. The summed E-state index contributed by atoms with van der Waals surface area (Å²) in [5.41, 5.74) is 0.0720. The van der Waals surface area contributed by atoms with Crippen LogP contribution in [0.3, 0.4) is 0 Å². The van der Waals surface area contributed by atoms with Crippen LogP contribution in [0.2, 0.25) is 0 Å². The number of carbonyl (C=O) groups is 2. The van der Waals surface area contributed by atoms with Gasteiger partial charge in [-0.2, -0.15) is 22.0 Å². The predicted molar refractivity (Wildman–Crippen MR) is 102 cm³/mol. The average Bonchev–Trinajstić information content (AvgIpc) is 3.48. The Morgan fingerprint density at radius 1 is 1.16 bits per heavy atom. The highest BCUT2D eigenvalue weighted by molar-refractivity contribution is 5.97. The number of halogens is 5. The number of alkyl halides is 5. The number of ether oxygens (including phenoxy) is 1. The maximum Gasteiger partial charge on any atom is 0.456 e. The molecule has 0 saturated heterocycles. The highest BCUT2D eigenvalue weighted by atomic mass is 19.4. The molecule has 1 saturated carbocycles. The van der Waals surface area contributed by atoms with Crippen molar-refractivity contribution >= 4 is 11.8 Å². The number of hydrogen-bond acceptors (Lipinski definition) is 4. The van der Waals surface area contributed by atoms with Gasteiger partial charge in [0.2, 0.25) is 11.8 Å². The Labute approximate surface area is 176 Å². The van der Waals surface area contributed by atoms with E-state index in [-0.39, 0.29) is 17.0 Å². The Hall–Kier alpha value is -2.46. The molecule has 0 unspecified atom stereocenters. The fourth-order valence-corrected chi connectivity index (χ4v) is 2.91. The second-order valence-corrected chi connectivity index (χ2v) is 8.76. The fraction of sp³-hybridized carbons (Fsp3) is 0.650. The molecule has 0 spiro atoms. The van der Waals surface area contributed by atoms with Crippen LogP contribution in [0.1, 0.15) is 62.0 Å². The Morgan fingerprint density at radius 2 is 1.77 bits per heavy atom. The molecule has 1 heterocycles. The largest absolute Gasteiger partial charge is 0.471 e. The van der Waals surface area contributed by atoms with Gasteiger partial charge < -0.3 is 15.4 Å². The summed E-state index contributed by atoms with van der Waals surface area (Å²) >= 11 is 0. The van der Waals surface area contributed by atoms with E-state index >= 15 is 0 Å². The maximum atomic E-state index is 13.1. The van der Waals surface area contributed by atoms with Crippen LogP contribution in [0.25, 0.3) is 0 Å². The Morgan fingerprint density at radius 3 is 2.26 bits per heavy atom. The lowest BCUT2D eigenvalue weighted by Crippen LogP contribution is -2.47. The van der Waals surface area contributed by atoms with Crippen molar-refractivity contribution < 1.29 is 36.3 Å². The number of pyridine rings is 1. The summed E-state index contributed by atoms with van der Waals surface area (Å²) in [7, 11) is 1.42. The summed E-state index contributed by atoms with van der Waals surface area (Å²) in [5, 5.41) is 5.06. The zero-order chi connectivity index (χ0) is 23.6. The molecule has 1 aliphatic rings. The van der Waals surface area contributed by atoms with Gasteiger partial charge in [0.1, 0.15) is 11.7 Å². The maximum absolute atomic E-state index is 13.1. The highest BCUT2D eigenvalue weighted by Crippen LogP contribution is 2.42. The van der Waals surface area contributed by atoms with Crippen molar-refractivity contribution in [2.24, 2.45) is 5.41 Å². The van der Waals surface area contributed by atoms with Crippen LogP contribution >= 0.6 is 0 Å². The van der Waals surface area contributed by atoms with Gasteiger partial charge in [-0.15, -0.1) is 0 Å². The van der Waals surface area contributed by atoms with E-state index < -0.39 is 42.4 Å². The average molecular weight is 451 g/mol. The first-order valence-electron chi connectivity index (χ1n) is 9.75. The number of hydrogen-bond donors (Lipinski definition) is 2. The van der Waals surface area contributed by atoms with Crippen LogP contribution in [0.15, 0.2) is 12.1 Å². The lowest BCUT2D eigenvalue weighted by Gasteiger charge is -2.26. The van der Waals surface area contributed by atoms with E-state index in [9.17, 15) is 31.5 Å². The molecule has 1 aromatic rings. The van der Waals surface area contributed by atoms with E-state index in [1.165, 1.54) is 13.1 Å². The van der Waals surface area contributed by atoms with E-state index in [2.05, 4.69) is 20.4 Å². The predicted octanol–water partition coefficient (Wildman–Crippen LogP) is 3.82. The first kappa shape index (κ1) is 24.8. The van der Waals surface area contributed by atoms with Crippen molar-refractivity contribution in [3.63, 3.8) is 0 Å². The number of carbonyl (C=O) groups excluding carboxylic acids is 2. The van der Waals surface area contributed by atoms with Gasteiger partial charge >= 0.3 is 12.1 Å². The molecule has 11 heteroatoms. The second-order valence-electron chi connectivity index (χ2n) is 8.76. The monoisotopic (exact) mass is 451 g/mol. The molecule has 1 atom stereocenters. The highest BCUT2D eigenvalue weighted by Gasteiger charge is 2.58. The van der Waals surface area contributed by atoms with Gasteiger partial charge in [-0.05, 0) is 36.2 Å². The second kappa shape index (κ2) is 8.96. The third kappa shape index (κ3) is 6.76. The molecule has 0 aliphatic heterocycles. The van der Waals surface area contributed by atoms with Crippen LogP contribution in [-0.2, 0) is 4.79 Å². The molecular weight excluding hydrogens is 425 g/mol. The molecule has 1 aliphatic carbocycles. The normalized spacial score (nSPS) is 15.9. The molecule has 1 fully saturated rings. The zero-order valence-corrected chi connectivity index (χ0v) is 17.7. The molecule has 31 heavy (non-hydrogen) atoms. The number of rotatable bonds is 8. The number of aromatic nitrogens is 1. The van der Waals surface area contributed by atoms with Crippen LogP contribution in [-0.4, -0.2) is 48.6 Å². The van der Waals surface area contributed by atoms with Crippen molar-refractivity contribution in [1.82, 2.24) is 15.6 Å². The van der Waals surface area contributed by atoms with Crippen molar-refractivity contribution in [2.75, 3.05) is 13.7 Å². The third-order valence-electron chi connectivity index (χ3n) is 4.63. The van der Waals surface area contributed by atoms with Crippen LogP contribution in [0, 0.1) is 5.41 Å². The van der Waals surface area contributed by atoms with E-state index in [0.717, 1.165) is 18.9 Å². The van der Waals surface area contributed by atoms with Gasteiger partial charge in [0, 0.05) is 13.1 Å². The van der Waals surface area contributed by atoms with Gasteiger partial charge in [0.05, 0.1) is 0 Å². The third-order valence-corrected chi connectivity index (χ3v) is 4.63. The van der Waals surface area contributed by atoms with Crippen LogP contribution in [0.4, 0.5) is 22.0 Å². The molecule has 1 aromatic heterocycles. The van der Waals surface area contributed by atoms with Crippen molar-refractivity contribution in [3.8, 4) is 5.88 Å². The minimum Gasteiger partial charge on any atom is -0.471 e. The molecule has 2 N–H and O–H groups in total. The Bertz CT molecular complexity index is 817. The quantitative estimate of drug-likeness (QED) is 0.589. The topological polar surface area (TPSA) is 80.3 Å². The van der Waals surface area contributed by atoms with E-state index in [4.69, 9.17) is 0 Å². The molecular formula is C20H26F5N3O3. The molecule has 174 valence electrons. The van der Waals surface area contributed by atoms with Crippen molar-refractivity contribution in [2.45, 2.75) is 64.1 Å². The molecule has 6 nitrogen and oxygen atoms in total. The SMILES string of the molecule is CNC(=O)[C@H](CC(C)(C)C)NC(=O)c1nc(OCC(F)(F)C(F)(F)F)ccc1C1CC1. The smallest absolute Gasteiger partial charge is 0.456 e. The lowest BCUT2D eigenvalue weighted by molar-refractivity contribution is -0.290. The van der Waals surface area contributed by atoms with Gasteiger partial charge in [-0.3, -0.25) is 9.59 Å². The summed E-state index contributed by atoms with van der Waals surface area (Å²) in [5.74, 6) is -6.73. The summed E-state index contributed by atoms with van der Waals surface area (Å²) in [6.45, 7) is 3.70. The van der Waals surface area contributed by atoms with E-state index in [1.807, 2.05) is 20.8 Å². The van der Waals surface area contributed by atoms with E-state index in [0.29, 0.717) is 12.0 Å². The zero-order valence-electron chi connectivity index (χ0n) is 17.7. The van der Waals surface area contributed by atoms with Gasteiger partial charge in [-0.1, -0.05) is 26.8 Å². The first-order chi connectivity index (χ1) is 14.1. The Kier molecular flexibility index (Phi) is 7.17. The van der Waals surface area contributed by atoms with Crippen molar-refractivity contribution in [3.05, 3.63) is 23.4 Å². The van der Waals surface area contributed by atoms with Gasteiger partial charge in [0.15, 0.2) is 6.61 Å². The number of nitrogens with zero attached hydrogens (tertiary/aromatic N) is 1. The molecule has 0 radical (unpaired) electrons. The summed E-state index contributed by atoms with van der Waals surface area (Å²) < 4.78 is 67.9. The number of nitrogens with one attached hydrogen (secondary N) is 2. The standard InChI is InChI=1S/C20H26F5N3O3/c1-18(2,3)9-13(16(29)26-4)27-17(30)15-12(11-5-6-11)7-8-14(28-15)31-10-19(21,22)20(23,24)25/h7-8,11,13H,5-6,9-10H2,1-4H3,(H,26,29)(H,27,30)/t13-/m0/s1. The molecule has 0 aromatic carbocycles. The molecule has 0 bridgehead atoms. The van der Waals surface area contributed by atoms with Crippen LogP contribution < -0.4 is 15.4 Å². The lowest BCUT2D eigenvalue weighted by atomic mass is 9.87. The Balaban J connectivity index is 2.25. The number of likely N-dealkylation sites (N-methyl/N-ethyl adjacent to an activating group) is 1. The van der Waals surface area contributed by atoms with Crippen LogP contribution in [0.5, 0.6) is 5.88 Å². The van der Waals surface area contributed by atoms with Gasteiger partial charge in [-0.25, -0.2) is 4.98 Å². The first-order valence-corrected chi connectivity index (χ1v) is 9.75. The minimum absolute atomic E-state index is 0.0278. The van der Waals surface area contributed by atoms with Crippen molar-refractivity contribution in [1.29, 1.82) is 0 Å². The summed E-state index contributed by atoms with van der Waals surface area (Å²) in [6, 6.07) is 1.70. The molecule has 2 rings (SSSR count). The van der Waals surface area contributed by atoms with Gasteiger partial charge in [0.25, 0.3) is 5.91 Å².